The third kappa shape index (κ3) is 3.28. The highest BCUT2D eigenvalue weighted by atomic mass is 19.1. The van der Waals surface area contributed by atoms with Gasteiger partial charge in [0.25, 0.3) is 0 Å². The zero-order valence-electron chi connectivity index (χ0n) is 9.94. The number of rotatable bonds is 5. The topological polar surface area (TPSA) is 45.1 Å². The van der Waals surface area contributed by atoms with Crippen molar-refractivity contribution in [1.29, 1.82) is 0 Å². The van der Waals surface area contributed by atoms with Gasteiger partial charge in [0.1, 0.15) is 0 Å². The number of benzene rings is 1. The lowest BCUT2D eigenvalue weighted by Gasteiger charge is -2.07. The van der Waals surface area contributed by atoms with Gasteiger partial charge >= 0.3 is 0 Å². The minimum Gasteiger partial charge on any atom is -0.505 e. The van der Waals surface area contributed by atoms with Crippen molar-refractivity contribution in [1.82, 2.24) is 10.3 Å². The molecule has 0 fully saturated rings. The summed E-state index contributed by atoms with van der Waals surface area (Å²) in [5.74, 6) is -0.854. The van der Waals surface area contributed by atoms with Gasteiger partial charge in [0.05, 0.1) is 0 Å². The van der Waals surface area contributed by atoms with E-state index in [2.05, 4.69) is 10.3 Å². The Morgan fingerprint density at radius 1 is 1.22 bits per heavy atom. The molecule has 0 radical (unpaired) electrons. The maximum atomic E-state index is 13.1. The van der Waals surface area contributed by atoms with E-state index in [0.717, 1.165) is 18.5 Å². The molecule has 2 aromatic rings. The van der Waals surface area contributed by atoms with Gasteiger partial charge in [0, 0.05) is 24.5 Å². The Hall–Kier alpha value is -1.94. The normalized spacial score (nSPS) is 10.5. The van der Waals surface area contributed by atoms with Crippen molar-refractivity contribution in [2.45, 2.75) is 13.0 Å². The molecule has 2 rings (SSSR count). The molecule has 0 spiro atoms. The summed E-state index contributed by atoms with van der Waals surface area (Å²) in [5, 5.41) is 12.7. The van der Waals surface area contributed by atoms with Crippen LogP contribution in [-0.2, 0) is 13.0 Å². The van der Waals surface area contributed by atoms with E-state index in [1.807, 2.05) is 18.3 Å². The Balaban J connectivity index is 1.81. The molecular formula is C14H15FN2O. The Morgan fingerprint density at radius 2 is 2.11 bits per heavy atom. The molecule has 1 aromatic carbocycles. The maximum absolute atomic E-state index is 13.1. The van der Waals surface area contributed by atoms with Crippen LogP contribution >= 0.6 is 0 Å². The van der Waals surface area contributed by atoms with Crippen LogP contribution in [0.4, 0.5) is 4.39 Å². The van der Waals surface area contributed by atoms with Crippen LogP contribution in [0.3, 0.4) is 0 Å². The van der Waals surface area contributed by atoms with Gasteiger partial charge in [-0.15, -0.1) is 0 Å². The molecular weight excluding hydrogens is 231 g/mol. The second-order valence-electron chi connectivity index (χ2n) is 4.04. The Kier molecular flexibility index (Phi) is 4.25. The minimum absolute atomic E-state index is 0.272. The fourth-order valence-corrected chi connectivity index (χ4v) is 1.70. The second kappa shape index (κ2) is 6.12. The molecule has 3 nitrogen and oxygen atoms in total. The molecule has 1 aromatic heterocycles. The van der Waals surface area contributed by atoms with E-state index < -0.39 is 5.82 Å². The van der Waals surface area contributed by atoms with E-state index in [9.17, 15) is 9.50 Å². The predicted octanol–water partition coefficient (Wildman–Crippen LogP) is 2.26. The van der Waals surface area contributed by atoms with Crippen LogP contribution < -0.4 is 5.32 Å². The summed E-state index contributed by atoms with van der Waals surface area (Å²) >= 11 is 0. The number of nitrogens with one attached hydrogen (secondary N) is 1. The van der Waals surface area contributed by atoms with Gasteiger partial charge in [-0.25, -0.2) is 4.39 Å². The average Bonchev–Trinajstić information content (AvgIpc) is 2.40. The number of para-hydroxylation sites is 1. The first-order chi connectivity index (χ1) is 8.77. The van der Waals surface area contributed by atoms with Crippen LogP contribution in [0.1, 0.15) is 11.1 Å². The van der Waals surface area contributed by atoms with Crippen LogP contribution in [0, 0.1) is 5.82 Å². The zero-order valence-corrected chi connectivity index (χ0v) is 9.94. The highest BCUT2D eigenvalue weighted by Crippen LogP contribution is 2.20. The number of phenolic OH excluding ortho intramolecular Hbond substituents is 1. The SMILES string of the molecule is Oc1c(F)cccc1CNCCc1cccnc1. The standard InChI is InChI=1S/C14H15FN2O/c15-13-5-1-4-12(14(13)18)10-17-8-6-11-3-2-7-16-9-11/h1-5,7,9,17-18H,6,8,10H2. The lowest BCUT2D eigenvalue weighted by atomic mass is 10.2. The van der Waals surface area contributed by atoms with Crippen molar-refractivity contribution >= 4 is 0 Å². The monoisotopic (exact) mass is 246 g/mol. The van der Waals surface area contributed by atoms with Crippen LogP contribution in [0.5, 0.6) is 5.75 Å². The molecule has 1 heterocycles. The lowest BCUT2D eigenvalue weighted by molar-refractivity contribution is 0.423. The number of hydrogen-bond acceptors (Lipinski definition) is 3. The molecule has 2 N–H and O–H groups in total. The molecule has 4 heteroatoms. The average molecular weight is 246 g/mol. The third-order valence-electron chi connectivity index (χ3n) is 2.70. The number of aromatic nitrogens is 1. The Bertz CT molecular complexity index is 502. The first kappa shape index (κ1) is 12.5. The van der Waals surface area contributed by atoms with Gasteiger partial charge in [0.2, 0.25) is 0 Å². The van der Waals surface area contributed by atoms with E-state index in [4.69, 9.17) is 0 Å². The Morgan fingerprint density at radius 3 is 2.89 bits per heavy atom. The molecule has 0 unspecified atom stereocenters. The molecule has 0 aliphatic rings. The Labute approximate surface area is 105 Å². The highest BCUT2D eigenvalue weighted by Gasteiger charge is 2.05. The van der Waals surface area contributed by atoms with Crippen molar-refractivity contribution in [3.8, 4) is 5.75 Å². The van der Waals surface area contributed by atoms with Crippen molar-refractivity contribution in [2.24, 2.45) is 0 Å². The van der Waals surface area contributed by atoms with Gasteiger partial charge in [-0.1, -0.05) is 18.2 Å². The lowest BCUT2D eigenvalue weighted by Crippen LogP contribution is -2.16. The highest BCUT2D eigenvalue weighted by molar-refractivity contribution is 5.33. The summed E-state index contributed by atoms with van der Waals surface area (Å²) < 4.78 is 13.1. The number of pyridine rings is 1. The van der Waals surface area contributed by atoms with Crippen LogP contribution in [-0.4, -0.2) is 16.6 Å². The van der Waals surface area contributed by atoms with E-state index in [1.165, 1.54) is 6.07 Å². The number of hydrogen-bond donors (Lipinski definition) is 2. The summed E-state index contributed by atoms with van der Waals surface area (Å²) in [6.07, 6.45) is 4.41. The van der Waals surface area contributed by atoms with E-state index >= 15 is 0 Å². The summed E-state index contributed by atoms with van der Waals surface area (Å²) in [4.78, 5) is 4.03. The van der Waals surface area contributed by atoms with Crippen molar-refractivity contribution in [3.63, 3.8) is 0 Å². The van der Waals surface area contributed by atoms with E-state index in [-0.39, 0.29) is 5.75 Å². The molecule has 94 valence electrons. The van der Waals surface area contributed by atoms with Crippen molar-refractivity contribution < 1.29 is 9.50 Å². The summed E-state index contributed by atoms with van der Waals surface area (Å²) in [6.45, 7) is 1.20. The molecule has 0 aliphatic heterocycles. The van der Waals surface area contributed by atoms with Gasteiger partial charge < -0.3 is 10.4 Å². The minimum atomic E-state index is -0.582. The fraction of sp³-hybridized carbons (Fsp3) is 0.214. The predicted molar refractivity (Wildman–Crippen MR) is 67.7 cm³/mol. The van der Waals surface area contributed by atoms with Crippen molar-refractivity contribution in [3.05, 3.63) is 59.7 Å². The van der Waals surface area contributed by atoms with Gasteiger partial charge in [-0.3, -0.25) is 4.98 Å². The number of nitrogens with zero attached hydrogens (tertiary/aromatic N) is 1. The van der Waals surface area contributed by atoms with E-state index in [1.54, 1.807) is 18.3 Å². The maximum Gasteiger partial charge on any atom is 0.165 e. The van der Waals surface area contributed by atoms with Gasteiger partial charge in [-0.2, -0.15) is 0 Å². The van der Waals surface area contributed by atoms with Crippen LogP contribution in [0.25, 0.3) is 0 Å². The summed E-state index contributed by atoms with van der Waals surface area (Å²) in [7, 11) is 0. The second-order valence-corrected chi connectivity index (χ2v) is 4.04. The number of halogens is 1. The third-order valence-corrected chi connectivity index (χ3v) is 2.70. The summed E-state index contributed by atoms with van der Waals surface area (Å²) in [5.41, 5.74) is 1.72. The molecule has 18 heavy (non-hydrogen) atoms. The van der Waals surface area contributed by atoms with Crippen LogP contribution in [0.2, 0.25) is 0 Å². The van der Waals surface area contributed by atoms with Crippen LogP contribution in [0.15, 0.2) is 42.7 Å². The zero-order chi connectivity index (χ0) is 12.8. The number of phenols is 1. The molecule has 0 aliphatic carbocycles. The smallest absolute Gasteiger partial charge is 0.165 e. The molecule has 0 saturated heterocycles. The molecule has 0 saturated carbocycles. The molecule has 0 atom stereocenters. The summed E-state index contributed by atoms with van der Waals surface area (Å²) in [6, 6.07) is 8.44. The first-order valence-corrected chi connectivity index (χ1v) is 5.83. The largest absolute Gasteiger partial charge is 0.505 e. The van der Waals surface area contributed by atoms with Crippen molar-refractivity contribution in [2.75, 3.05) is 6.54 Å². The quantitative estimate of drug-likeness (QED) is 0.795. The first-order valence-electron chi connectivity index (χ1n) is 5.83. The fourth-order valence-electron chi connectivity index (χ4n) is 1.70. The van der Waals surface area contributed by atoms with E-state index in [0.29, 0.717) is 12.1 Å². The molecule has 0 bridgehead atoms. The molecule has 0 amide bonds. The van der Waals surface area contributed by atoms with Gasteiger partial charge in [-0.05, 0) is 30.7 Å². The van der Waals surface area contributed by atoms with Gasteiger partial charge in [0.15, 0.2) is 11.6 Å². The number of aromatic hydroxyl groups is 1.